The van der Waals surface area contributed by atoms with Gasteiger partial charge in [-0.05, 0) is 13.8 Å². The first-order valence-electron chi connectivity index (χ1n) is 5.28. The molecule has 1 heterocycles. The van der Waals surface area contributed by atoms with Crippen molar-refractivity contribution in [3.63, 3.8) is 0 Å². The molecule has 1 rings (SSSR count). The average Bonchev–Trinajstić information content (AvgIpc) is 2.81. The van der Waals surface area contributed by atoms with Crippen molar-refractivity contribution in [1.82, 2.24) is 9.88 Å². The van der Waals surface area contributed by atoms with Crippen molar-refractivity contribution in [2.75, 3.05) is 24.2 Å². The molecule has 0 bridgehead atoms. The maximum Gasteiger partial charge on any atom is 0.236 e. The van der Waals surface area contributed by atoms with E-state index in [1.54, 1.807) is 6.20 Å². The van der Waals surface area contributed by atoms with E-state index in [0.29, 0.717) is 10.9 Å². The van der Waals surface area contributed by atoms with Crippen LogP contribution in [0.15, 0.2) is 11.6 Å². The van der Waals surface area contributed by atoms with Gasteiger partial charge in [0.25, 0.3) is 0 Å². The topological polar surface area (TPSA) is 45.2 Å². The van der Waals surface area contributed by atoms with Crippen LogP contribution < -0.4 is 5.32 Å². The number of rotatable bonds is 5. The van der Waals surface area contributed by atoms with Crippen LogP contribution in [0.25, 0.3) is 0 Å². The van der Waals surface area contributed by atoms with Gasteiger partial charge in [0.1, 0.15) is 4.32 Å². The first-order valence-corrected chi connectivity index (χ1v) is 7.55. The quantitative estimate of drug-likeness (QED) is 0.844. The lowest BCUT2D eigenvalue weighted by Crippen LogP contribution is -2.28. The number of nitrogens with one attached hydrogen (secondary N) is 1. The summed E-state index contributed by atoms with van der Waals surface area (Å²) in [6.45, 7) is 5.84. The molecule has 0 saturated heterocycles. The molecule has 7 heteroatoms. The summed E-state index contributed by atoms with van der Waals surface area (Å²) in [5, 5.41) is 5.17. The van der Waals surface area contributed by atoms with Crippen molar-refractivity contribution in [3.8, 4) is 0 Å². The molecule has 0 aliphatic carbocycles. The summed E-state index contributed by atoms with van der Waals surface area (Å²) in [5.41, 5.74) is 0. The van der Waals surface area contributed by atoms with E-state index in [-0.39, 0.29) is 5.91 Å². The van der Waals surface area contributed by atoms with Gasteiger partial charge < -0.3 is 10.2 Å². The summed E-state index contributed by atoms with van der Waals surface area (Å²) in [6.07, 6.45) is 1.66. The Morgan fingerprint density at radius 1 is 1.59 bits per heavy atom. The Kier molecular flexibility index (Phi) is 6.46. The van der Waals surface area contributed by atoms with E-state index in [9.17, 15) is 4.79 Å². The Balaban J connectivity index is 2.30. The summed E-state index contributed by atoms with van der Waals surface area (Å²) >= 11 is 8.03. The molecule has 0 atom stereocenters. The Labute approximate surface area is 115 Å². The lowest BCUT2D eigenvalue weighted by atomic mass is 10.6. The molecule has 0 saturated carbocycles. The monoisotopic (exact) mass is 289 g/mol. The SMILES string of the molecule is CCN(CC)C(=S)SCC(=O)Nc1nccs1. The number of hydrogen-bond acceptors (Lipinski definition) is 5. The van der Waals surface area contributed by atoms with Crippen molar-refractivity contribution >= 4 is 50.7 Å². The summed E-state index contributed by atoms with van der Waals surface area (Å²) in [5.74, 6) is 0.258. The van der Waals surface area contributed by atoms with Crippen LogP contribution in [0.4, 0.5) is 5.13 Å². The zero-order chi connectivity index (χ0) is 12.7. The van der Waals surface area contributed by atoms with E-state index in [1.165, 1.54) is 23.1 Å². The second kappa shape index (κ2) is 7.62. The van der Waals surface area contributed by atoms with Gasteiger partial charge in [0.2, 0.25) is 5.91 Å². The minimum Gasteiger partial charge on any atom is -0.358 e. The number of thioether (sulfide) groups is 1. The van der Waals surface area contributed by atoms with Crippen LogP contribution in [0.3, 0.4) is 0 Å². The maximum absolute atomic E-state index is 11.6. The lowest BCUT2D eigenvalue weighted by Gasteiger charge is -2.20. The first kappa shape index (κ1) is 14.4. The average molecular weight is 289 g/mol. The zero-order valence-electron chi connectivity index (χ0n) is 9.80. The van der Waals surface area contributed by atoms with Gasteiger partial charge in [-0.3, -0.25) is 4.79 Å². The summed E-state index contributed by atoms with van der Waals surface area (Å²) in [7, 11) is 0. The van der Waals surface area contributed by atoms with E-state index in [4.69, 9.17) is 12.2 Å². The molecule has 1 amide bonds. The maximum atomic E-state index is 11.6. The fourth-order valence-electron chi connectivity index (χ4n) is 1.14. The van der Waals surface area contributed by atoms with Crippen molar-refractivity contribution in [3.05, 3.63) is 11.6 Å². The summed E-state index contributed by atoms with van der Waals surface area (Å²) in [4.78, 5) is 17.6. The summed E-state index contributed by atoms with van der Waals surface area (Å²) in [6, 6.07) is 0. The molecule has 0 radical (unpaired) electrons. The van der Waals surface area contributed by atoms with Crippen LogP contribution in [-0.2, 0) is 4.79 Å². The highest BCUT2D eigenvalue weighted by atomic mass is 32.2. The molecule has 1 aromatic heterocycles. The predicted octanol–water partition coefficient (Wildman–Crippen LogP) is 2.44. The van der Waals surface area contributed by atoms with Gasteiger partial charge in [0.15, 0.2) is 5.13 Å². The van der Waals surface area contributed by atoms with E-state index in [0.717, 1.165) is 17.4 Å². The van der Waals surface area contributed by atoms with E-state index < -0.39 is 0 Å². The molecule has 17 heavy (non-hydrogen) atoms. The Morgan fingerprint density at radius 3 is 2.82 bits per heavy atom. The minimum atomic E-state index is -0.0699. The van der Waals surface area contributed by atoms with Gasteiger partial charge in [0.05, 0.1) is 5.75 Å². The Morgan fingerprint density at radius 2 is 2.29 bits per heavy atom. The Bertz CT molecular complexity index is 363. The van der Waals surface area contributed by atoms with Gasteiger partial charge in [0, 0.05) is 24.7 Å². The second-order valence-electron chi connectivity index (χ2n) is 3.11. The minimum absolute atomic E-state index is 0.0699. The predicted molar refractivity (Wildman–Crippen MR) is 78.7 cm³/mol. The molecule has 0 spiro atoms. The molecule has 0 unspecified atom stereocenters. The third-order valence-corrected chi connectivity index (χ3v) is 4.24. The highest BCUT2D eigenvalue weighted by Crippen LogP contribution is 2.13. The molecule has 1 N–H and O–H groups in total. The van der Waals surface area contributed by atoms with Gasteiger partial charge in [-0.15, -0.1) is 11.3 Å². The number of carbonyl (C=O) groups is 1. The van der Waals surface area contributed by atoms with E-state index in [2.05, 4.69) is 15.2 Å². The zero-order valence-corrected chi connectivity index (χ0v) is 12.3. The smallest absolute Gasteiger partial charge is 0.236 e. The van der Waals surface area contributed by atoms with Crippen LogP contribution in [0.1, 0.15) is 13.8 Å². The number of hydrogen-bond donors (Lipinski definition) is 1. The largest absolute Gasteiger partial charge is 0.358 e. The number of anilines is 1. The van der Waals surface area contributed by atoms with Crippen molar-refractivity contribution < 1.29 is 4.79 Å². The highest BCUT2D eigenvalue weighted by molar-refractivity contribution is 8.23. The van der Waals surface area contributed by atoms with Crippen LogP contribution in [0.2, 0.25) is 0 Å². The molecule has 0 aromatic carbocycles. The summed E-state index contributed by atoms with van der Waals surface area (Å²) < 4.78 is 0.768. The molecule has 0 aliphatic heterocycles. The van der Waals surface area contributed by atoms with Crippen LogP contribution >= 0.6 is 35.3 Å². The normalized spacial score (nSPS) is 10.0. The number of thiocarbonyl (C=S) groups is 1. The van der Waals surface area contributed by atoms with Gasteiger partial charge in [-0.25, -0.2) is 4.98 Å². The molecule has 4 nitrogen and oxygen atoms in total. The standard InChI is InChI=1S/C10H15N3OS3/c1-3-13(4-2)10(15)17-7-8(14)12-9-11-5-6-16-9/h5-6H,3-4,7H2,1-2H3,(H,11,12,14). The molecule has 0 aliphatic rings. The molecule has 1 aromatic rings. The van der Waals surface area contributed by atoms with Gasteiger partial charge in [-0.2, -0.15) is 0 Å². The van der Waals surface area contributed by atoms with Gasteiger partial charge >= 0.3 is 0 Å². The van der Waals surface area contributed by atoms with Crippen molar-refractivity contribution in [2.24, 2.45) is 0 Å². The number of aromatic nitrogens is 1. The van der Waals surface area contributed by atoms with Gasteiger partial charge in [-0.1, -0.05) is 24.0 Å². The number of carbonyl (C=O) groups excluding carboxylic acids is 1. The highest BCUT2D eigenvalue weighted by Gasteiger charge is 2.09. The number of amides is 1. The third-order valence-electron chi connectivity index (χ3n) is 2.03. The third kappa shape index (κ3) is 5.01. The van der Waals surface area contributed by atoms with E-state index in [1.807, 2.05) is 19.2 Å². The van der Waals surface area contributed by atoms with E-state index >= 15 is 0 Å². The molecular weight excluding hydrogens is 274 g/mol. The van der Waals surface area contributed by atoms with Crippen molar-refractivity contribution in [1.29, 1.82) is 0 Å². The Hall–Kier alpha value is -0.660. The fraction of sp³-hybridized carbons (Fsp3) is 0.500. The van der Waals surface area contributed by atoms with Crippen LogP contribution in [-0.4, -0.2) is 39.0 Å². The number of thiazole rings is 1. The molecule has 94 valence electrons. The van der Waals surface area contributed by atoms with Crippen LogP contribution in [0.5, 0.6) is 0 Å². The van der Waals surface area contributed by atoms with Crippen molar-refractivity contribution in [2.45, 2.75) is 13.8 Å². The first-order chi connectivity index (χ1) is 8.17. The fourth-order valence-corrected chi connectivity index (χ4v) is 2.89. The van der Waals surface area contributed by atoms with Crippen LogP contribution in [0, 0.1) is 0 Å². The molecule has 0 fully saturated rings. The second-order valence-corrected chi connectivity index (χ2v) is 5.62. The number of nitrogens with zero attached hydrogens (tertiary/aromatic N) is 2. The lowest BCUT2D eigenvalue weighted by molar-refractivity contribution is -0.113. The molecular formula is C10H15N3OS3.